The molecule has 0 saturated carbocycles. The highest BCUT2D eigenvalue weighted by Gasteiger charge is 2.30. The van der Waals surface area contributed by atoms with Gasteiger partial charge in [0.1, 0.15) is 5.82 Å². The first-order valence-corrected chi connectivity index (χ1v) is 10.5. The number of halogens is 1. The molecule has 0 spiro atoms. The van der Waals surface area contributed by atoms with E-state index >= 15 is 0 Å². The van der Waals surface area contributed by atoms with Crippen LogP contribution in [0.4, 0.5) is 4.39 Å². The average Bonchev–Trinajstić information content (AvgIpc) is 2.74. The van der Waals surface area contributed by atoms with Crippen LogP contribution in [0.15, 0.2) is 53.4 Å². The van der Waals surface area contributed by atoms with Gasteiger partial charge in [-0.05, 0) is 36.8 Å². The maximum absolute atomic E-state index is 13.5. The minimum atomic E-state index is -3.61. The van der Waals surface area contributed by atoms with Gasteiger partial charge in [-0.3, -0.25) is 4.79 Å². The van der Waals surface area contributed by atoms with E-state index < -0.39 is 34.3 Å². The van der Waals surface area contributed by atoms with E-state index in [9.17, 15) is 22.4 Å². The van der Waals surface area contributed by atoms with Crippen LogP contribution in [0.25, 0.3) is 0 Å². The number of hydrogen-bond donors (Lipinski definition) is 0. The molecule has 1 amide bonds. The maximum atomic E-state index is 13.5. The first-order valence-electron chi connectivity index (χ1n) is 9.05. The Hall–Kier alpha value is -2.78. The maximum Gasteiger partial charge on any atom is 0.338 e. The second-order valence-electron chi connectivity index (χ2n) is 6.64. The number of ether oxygens (including phenoxy) is 1. The van der Waals surface area contributed by atoms with Gasteiger partial charge < -0.3 is 9.64 Å². The monoisotopic (exact) mass is 420 g/mol. The molecule has 1 aliphatic heterocycles. The van der Waals surface area contributed by atoms with Crippen molar-refractivity contribution in [3.05, 3.63) is 65.5 Å². The molecule has 0 N–H and O–H groups in total. The fourth-order valence-corrected chi connectivity index (χ4v) is 4.38. The lowest BCUT2D eigenvalue weighted by molar-refractivity contribution is -0.135. The third kappa shape index (κ3) is 4.80. The van der Waals surface area contributed by atoms with Crippen LogP contribution in [-0.2, 0) is 19.6 Å². The molecule has 0 atom stereocenters. The number of piperazine rings is 1. The molecule has 154 valence electrons. The van der Waals surface area contributed by atoms with Gasteiger partial charge in [-0.15, -0.1) is 0 Å². The number of rotatable bonds is 5. The summed E-state index contributed by atoms with van der Waals surface area (Å²) in [5.41, 5.74) is 0.431. The summed E-state index contributed by atoms with van der Waals surface area (Å²) in [7, 11) is -3.61. The number of benzene rings is 2. The summed E-state index contributed by atoms with van der Waals surface area (Å²) in [6.07, 6.45) is 0. The minimum Gasteiger partial charge on any atom is -0.452 e. The highest BCUT2D eigenvalue weighted by atomic mass is 32.2. The number of carbonyl (C=O) groups is 2. The normalized spacial score (nSPS) is 15.2. The molecule has 0 bridgehead atoms. The summed E-state index contributed by atoms with van der Waals surface area (Å²) < 4.78 is 45.1. The molecule has 2 aromatic carbocycles. The molecule has 1 aliphatic rings. The van der Waals surface area contributed by atoms with Crippen LogP contribution < -0.4 is 0 Å². The number of carbonyl (C=O) groups excluding carboxylic acids is 2. The van der Waals surface area contributed by atoms with E-state index in [4.69, 9.17) is 4.74 Å². The number of esters is 1. The fourth-order valence-electron chi connectivity index (χ4n) is 2.94. The Morgan fingerprint density at radius 1 is 1.03 bits per heavy atom. The zero-order valence-electron chi connectivity index (χ0n) is 15.9. The van der Waals surface area contributed by atoms with Gasteiger partial charge >= 0.3 is 5.97 Å². The summed E-state index contributed by atoms with van der Waals surface area (Å²) in [5.74, 6) is -1.74. The third-order valence-corrected chi connectivity index (χ3v) is 6.62. The molecule has 1 fully saturated rings. The van der Waals surface area contributed by atoms with Crippen LogP contribution in [0, 0.1) is 12.7 Å². The van der Waals surface area contributed by atoms with Crippen molar-refractivity contribution in [2.45, 2.75) is 11.8 Å². The highest BCUT2D eigenvalue weighted by molar-refractivity contribution is 7.89. The van der Waals surface area contributed by atoms with Crippen molar-refractivity contribution >= 4 is 21.9 Å². The van der Waals surface area contributed by atoms with Crippen LogP contribution in [-0.4, -0.2) is 62.3 Å². The molecular formula is C20H21FN2O5S. The molecule has 0 aromatic heterocycles. The van der Waals surface area contributed by atoms with Crippen molar-refractivity contribution in [2.75, 3.05) is 32.8 Å². The number of hydrogen-bond acceptors (Lipinski definition) is 5. The highest BCUT2D eigenvalue weighted by Crippen LogP contribution is 2.17. The Balaban J connectivity index is 1.52. The van der Waals surface area contributed by atoms with Gasteiger partial charge in [0.2, 0.25) is 10.0 Å². The zero-order valence-corrected chi connectivity index (χ0v) is 16.7. The van der Waals surface area contributed by atoms with Crippen molar-refractivity contribution < 1.29 is 27.1 Å². The van der Waals surface area contributed by atoms with Crippen LogP contribution in [0.5, 0.6) is 0 Å². The van der Waals surface area contributed by atoms with Gasteiger partial charge in [-0.1, -0.05) is 24.3 Å². The molecule has 1 saturated heterocycles. The standard InChI is InChI=1S/C20H21FN2O5S/c1-15-7-8-16(13-18(15)21)20(25)28-14-19(24)22-9-11-23(12-10-22)29(26,27)17-5-3-2-4-6-17/h2-8,13H,9-12,14H2,1H3. The van der Waals surface area contributed by atoms with Crippen molar-refractivity contribution in [3.63, 3.8) is 0 Å². The van der Waals surface area contributed by atoms with E-state index in [-0.39, 0.29) is 36.6 Å². The molecule has 3 rings (SSSR count). The van der Waals surface area contributed by atoms with E-state index in [1.807, 2.05) is 0 Å². The summed E-state index contributed by atoms with van der Waals surface area (Å²) in [6, 6.07) is 12.1. The van der Waals surface area contributed by atoms with Crippen LogP contribution in [0.2, 0.25) is 0 Å². The second kappa shape index (κ2) is 8.71. The summed E-state index contributed by atoms with van der Waals surface area (Å²) >= 11 is 0. The fraction of sp³-hybridized carbons (Fsp3) is 0.300. The van der Waals surface area contributed by atoms with Gasteiger partial charge in [-0.25, -0.2) is 17.6 Å². The molecule has 1 heterocycles. The lowest BCUT2D eigenvalue weighted by Crippen LogP contribution is -2.51. The van der Waals surface area contributed by atoms with Crippen LogP contribution in [0.3, 0.4) is 0 Å². The van der Waals surface area contributed by atoms with Gasteiger partial charge in [0.05, 0.1) is 10.5 Å². The number of amides is 1. The molecular weight excluding hydrogens is 399 g/mol. The van der Waals surface area contributed by atoms with E-state index in [1.54, 1.807) is 25.1 Å². The lowest BCUT2D eigenvalue weighted by atomic mass is 10.1. The predicted octanol–water partition coefficient (Wildman–Crippen LogP) is 1.82. The van der Waals surface area contributed by atoms with Crippen molar-refractivity contribution in [3.8, 4) is 0 Å². The molecule has 2 aromatic rings. The van der Waals surface area contributed by atoms with E-state index in [1.165, 1.54) is 33.5 Å². The quantitative estimate of drug-likeness (QED) is 0.689. The summed E-state index contributed by atoms with van der Waals surface area (Å²) in [5, 5.41) is 0. The Kier molecular flexibility index (Phi) is 6.29. The first-order chi connectivity index (χ1) is 13.8. The zero-order chi connectivity index (χ0) is 21.0. The van der Waals surface area contributed by atoms with E-state index in [2.05, 4.69) is 0 Å². The average molecular weight is 420 g/mol. The Morgan fingerprint density at radius 3 is 2.31 bits per heavy atom. The van der Waals surface area contributed by atoms with Crippen molar-refractivity contribution in [1.29, 1.82) is 0 Å². The Labute approximate surface area is 168 Å². The predicted molar refractivity (Wildman–Crippen MR) is 103 cm³/mol. The van der Waals surface area contributed by atoms with Gasteiger partial charge in [0.15, 0.2) is 6.61 Å². The molecule has 29 heavy (non-hydrogen) atoms. The van der Waals surface area contributed by atoms with Crippen LogP contribution in [0.1, 0.15) is 15.9 Å². The summed E-state index contributed by atoms with van der Waals surface area (Å²) in [6.45, 7) is 1.79. The molecule has 7 nitrogen and oxygen atoms in total. The van der Waals surface area contributed by atoms with Gasteiger partial charge in [0, 0.05) is 26.2 Å². The van der Waals surface area contributed by atoms with Crippen molar-refractivity contribution in [2.24, 2.45) is 0 Å². The third-order valence-electron chi connectivity index (χ3n) is 4.71. The number of nitrogens with zero attached hydrogens (tertiary/aromatic N) is 2. The molecule has 0 unspecified atom stereocenters. The Morgan fingerprint density at radius 2 is 1.69 bits per heavy atom. The lowest BCUT2D eigenvalue weighted by Gasteiger charge is -2.33. The topological polar surface area (TPSA) is 84.0 Å². The largest absolute Gasteiger partial charge is 0.452 e. The smallest absolute Gasteiger partial charge is 0.338 e. The van der Waals surface area contributed by atoms with Crippen molar-refractivity contribution in [1.82, 2.24) is 9.21 Å². The van der Waals surface area contributed by atoms with Gasteiger partial charge in [-0.2, -0.15) is 4.31 Å². The second-order valence-corrected chi connectivity index (χ2v) is 8.58. The summed E-state index contributed by atoms with van der Waals surface area (Å²) in [4.78, 5) is 25.9. The number of sulfonamides is 1. The minimum absolute atomic E-state index is 0.0275. The van der Waals surface area contributed by atoms with E-state index in [0.717, 1.165) is 6.07 Å². The van der Waals surface area contributed by atoms with E-state index in [0.29, 0.717) is 5.56 Å². The molecule has 9 heteroatoms. The first kappa shape index (κ1) is 20.9. The molecule has 0 aliphatic carbocycles. The molecule has 0 radical (unpaired) electrons. The van der Waals surface area contributed by atoms with Crippen LogP contribution >= 0.6 is 0 Å². The Bertz CT molecular complexity index is 1000. The SMILES string of the molecule is Cc1ccc(C(=O)OCC(=O)N2CCN(S(=O)(=O)c3ccccc3)CC2)cc1F. The number of aryl methyl sites for hydroxylation is 1. The van der Waals surface area contributed by atoms with Gasteiger partial charge in [0.25, 0.3) is 5.91 Å².